The van der Waals surface area contributed by atoms with E-state index in [-0.39, 0.29) is 17.3 Å². The van der Waals surface area contributed by atoms with E-state index in [0.29, 0.717) is 18.4 Å². The number of rotatable bonds is 0. The highest BCUT2D eigenvalue weighted by atomic mass is 16.7. The molecule has 5 nitrogen and oxygen atoms in total. The third-order valence-electron chi connectivity index (χ3n) is 8.97. The average Bonchev–Trinajstić information content (AvgIpc) is 3.10. The Hall–Kier alpha value is -0.720. The number of hydrogen-bond acceptors (Lipinski definition) is 5. The van der Waals surface area contributed by atoms with Crippen LogP contribution in [0.3, 0.4) is 0 Å². The number of hydrogen-bond donors (Lipinski definition) is 3. The molecule has 1 spiro atoms. The molecular weight excluding hydrogens is 356 g/mol. The van der Waals surface area contributed by atoms with Gasteiger partial charge < -0.3 is 24.8 Å². The predicted octanol–water partition coefficient (Wildman–Crippen LogP) is 2.41. The Kier molecular flexibility index (Phi) is 3.65. The molecule has 2 bridgehead atoms. The van der Waals surface area contributed by atoms with Gasteiger partial charge in [-0.05, 0) is 61.5 Å². The number of aliphatic hydroxyl groups is 3. The lowest BCUT2D eigenvalue weighted by Crippen LogP contribution is -2.68. The first kappa shape index (κ1) is 19.3. The van der Waals surface area contributed by atoms with E-state index in [1.54, 1.807) is 0 Å². The summed E-state index contributed by atoms with van der Waals surface area (Å²) in [5.74, 6) is -0.0618. The van der Waals surface area contributed by atoms with Crippen LogP contribution >= 0.6 is 0 Å². The van der Waals surface area contributed by atoms with E-state index in [1.807, 2.05) is 26.8 Å². The lowest BCUT2D eigenvalue weighted by molar-refractivity contribution is -0.312. The van der Waals surface area contributed by atoms with Crippen molar-refractivity contribution in [3.8, 4) is 0 Å². The van der Waals surface area contributed by atoms with Crippen LogP contribution in [0.4, 0.5) is 0 Å². The molecule has 0 aromatic carbocycles. The standard InChI is InChI=1S/C23H34O5/c1-11-9-22-12(2)7-15-16(20(15,3)4)14(18(22)25)8-13-10-27-21(5,6)28-19(13)23(22,26)17(11)24/h8-9,12,14-19,24-26H,7,10H2,1-6H3/t12?,14-,15+,16-,17-,18?,19+,22?,23+/m0/s1. The van der Waals surface area contributed by atoms with Crippen LogP contribution in [-0.2, 0) is 9.47 Å². The van der Waals surface area contributed by atoms with E-state index >= 15 is 0 Å². The SMILES string of the molecule is CC1=CC23C(C)C[C@@H]4[C@H]([C@H](C=C5COC(C)(C)O[C@H]5[C@]2(O)[C@H]1O)C3O)C4(C)C. The molecule has 1 heterocycles. The van der Waals surface area contributed by atoms with Gasteiger partial charge in [0.2, 0.25) is 0 Å². The Labute approximate surface area is 167 Å². The fourth-order valence-electron chi connectivity index (χ4n) is 7.44. The molecule has 3 unspecified atom stereocenters. The fraction of sp³-hybridized carbons (Fsp3) is 0.826. The van der Waals surface area contributed by atoms with Gasteiger partial charge in [-0.15, -0.1) is 0 Å². The molecule has 0 amide bonds. The van der Waals surface area contributed by atoms with Gasteiger partial charge in [0, 0.05) is 5.92 Å². The highest BCUT2D eigenvalue weighted by Gasteiger charge is 2.76. The van der Waals surface area contributed by atoms with Gasteiger partial charge in [0.05, 0.1) is 18.1 Å². The van der Waals surface area contributed by atoms with Gasteiger partial charge in [0.1, 0.15) is 17.8 Å². The fourth-order valence-corrected chi connectivity index (χ4v) is 7.44. The van der Waals surface area contributed by atoms with Crippen LogP contribution in [-0.4, -0.2) is 51.6 Å². The van der Waals surface area contributed by atoms with Gasteiger partial charge >= 0.3 is 0 Å². The summed E-state index contributed by atoms with van der Waals surface area (Å²) >= 11 is 0. The second-order valence-electron chi connectivity index (χ2n) is 11.1. The molecular formula is C23H34O5. The zero-order valence-electron chi connectivity index (χ0n) is 17.8. The van der Waals surface area contributed by atoms with Crippen LogP contribution in [0.5, 0.6) is 0 Å². The Bertz CT molecular complexity index is 782. The second kappa shape index (κ2) is 5.30. The normalized spacial score (nSPS) is 55.7. The molecule has 5 aliphatic rings. The summed E-state index contributed by atoms with van der Waals surface area (Å²) in [6.45, 7) is 12.6. The second-order valence-corrected chi connectivity index (χ2v) is 11.1. The van der Waals surface area contributed by atoms with Crippen molar-refractivity contribution >= 4 is 0 Å². The van der Waals surface area contributed by atoms with Crippen molar-refractivity contribution in [2.75, 3.05) is 6.61 Å². The van der Waals surface area contributed by atoms with Crippen LogP contribution in [0.15, 0.2) is 23.3 Å². The van der Waals surface area contributed by atoms with E-state index in [1.165, 1.54) is 0 Å². The molecule has 2 saturated carbocycles. The zero-order valence-corrected chi connectivity index (χ0v) is 17.8. The lowest BCUT2D eigenvalue weighted by Gasteiger charge is -2.54. The first-order chi connectivity index (χ1) is 12.9. The number of ether oxygens (including phenoxy) is 2. The van der Waals surface area contributed by atoms with E-state index in [2.05, 4.69) is 26.8 Å². The molecule has 5 rings (SSSR count). The van der Waals surface area contributed by atoms with Gasteiger partial charge in [0.25, 0.3) is 0 Å². The molecule has 4 aliphatic carbocycles. The summed E-state index contributed by atoms with van der Waals surface area (Å²) in [5, 5.41) is 35.3. The molecule has 28 heavy (non-hydrogen) atoms. The van der Waals surface area contributed by atoms with Crippen molar-refractivity contribution in [1.29, 1.82) is 0 Å². The Morgan fingerprint density at radius 3 is 2.50 bits per heavy atom. The smallest absolute Gasteiger partial charge is 0.164 e. The quantitative estimate of drug-likeness (QED) is 0.554. The van der Waals surface area contributed by atoms with Crippen molar-refractivity contribution in [3.05, 3.63) is 23.3 Å². The molecule has 0 aromatic rings. The molecule has 9 atom stereocenters. The largest absolute Gasteiger partial charge is 0.391 e. The van der Waals surface area contributed by atoms with E-state index in [9.17, 15) is 15.3 Å². The van der Waals surface area contributed by atoms with E-state index in [0.717, 1.165) is 17.6 Å². The van der Waals surface area contributed by atoms with E-state index in [4.69, 9.17) is 9.47 Å². The maximum atomic E-state index is 12.3. The minimum Gasteiger partial charge on any atom is -0.391 e. The summed E-state index contributed by atoms with van der Waals surface area (Å²) in [4.78, 5) is 0. The topological polar surface area (TPSA) is 79.2 Å². The molecule has 3 N–H and O–H groups in total. The van der Waals surface area contributed by atoms with Gasteiger partial charge in [-0.25, -0.2) is 0 Å². The Balaban J connectivity index is 1.76. The molecule has 1 saturated heterocycles. The summed E-state index contributed by atoms with van der Waals surface area (Å²) in [6, 6.07) is 0. The maximum Gasteiger partial charge on any atom is 0.164 e. The Morgan fingerprint density at radius 2 is 1.82 bits per heavy atom. The van der Waals surface area contributed by atoms with Crippen molar-refractivity contribution in [1.82, 2.24) is 0 Å². The minimum absolute atomic E-state index is 0.0150. The summed E-state index contributed by atoms with van der Waals surface area (Å²) in [6.07, 6.45) is 2.46. The van der Waals surface area contributed by atoms with Crippen LogP contribution in [0, 0.1) is 34.5 Å². The number of aliphatic hydroxyl groups excluding tert-OH is 2. The summed E-state index contributed by atoms with van der Waals surface area (Å²) < 4.78 is 12.2. The third kappa shape index (κ3) is 2.00. The van der Waals surface area contributed by atoms with Gasteiger partial charge in [-0.2, -0.15) is 0 Å². The molecule has 0 aromatic heterocycles. The predicted molar refractivity (Wildman–Crippen MR) is 104 cm³/mol. The van der Waals surface area contributed by atoms with Crippen LogP contribution < -0.4 is 0 Å². The minimum atomic E-state index is -1.61. The molecule has 0 radical (unpaired) electrons. The van der Waals surface area contributed by atoms with Gasteiger partial charge in [-0.1, -0.05) is 32.9 Å². The highest BCUT2D eigenvalue weighted by molar-refractivity contribution is 5.43. The first-order valence-corrected chi connectivity index (χ1v) is 10.7. The van der Waals surface area contributed by atoms with Crippen molar-refractivity contribution in [2.45, 2.75) is 77.7 Å². The van der Waals surface area contributed by atoms with Crippen LogP contribution in [0.1, 0.15) is 48.0 Å². The zero-order chi connectivity index (χ0) is 20.4. The molecule has 3 fully saturated rings. The summed E-state index contributed by atoms with van der Waals surface area (Å²) in [7, 11) is 0. The van der Waals surface area contributed by atoms with Crippen LogP contribution in [0.2, 0.25) is 0 Å². The lowest BCUT2D eigenvalue weighted by atomic mass is 9.58. The highest BCUT2D eigenvalue weighted by Crippen LogP contribution is 2.73. The number of fused-ring (bicyclic) bond motifs is 5. The van der Waals surface area contributed by atoms with Crippen LogP contribution in [0.25, 0.3) is 0 Å². The summed E-state index contributed by atoms with van der Waals surface area (Å²) in [5.41, 5.74) is -0.816. The third-order valence-corrected chi connectivity index (χ3v) is 8.97. The van der Waals surface area contributed by atoms with Gasteiger partial charge in [0.15, 0.2) is 5.79 Å². The van der Waals surface area contributed by atoms with Crippen molar-refractivity contribution in [3.63, 3.8) is 0 Å². The van der Waals surface area contributed by atoms with Crippen molar-refractivity contribution < 1.29 is 24.8 Å². The molecule has 1 aliphatic heterocycles. The average molecular weight is 391 g/mol. The Morgan fingerprint density at radius 1 is 1.14 bits per heavy atom. The molecule has 156 valence electrons. The van der Waals surface area contributed by atoms with Gasteiger partial charge in [-0.3, -0.25) is 0 Å². The van der Waals surface area contributed by atoms with E-state index < -0.39 is 35.1 Å². The van der Waals surface area contributed by atoms with Crippen molar-refractivity contribution in [2.24, 2.45) is 34.5 Å². The monoisotopic (exact) mass is 390 g/mol. The maximum absolute atomic E-state index is 12.3. The first-order valence-electron chi connectivity index (χ1n) is 10.7. The molecule has 5 heteroatoms.